The summed E-state index contributed by atoms with van der Waals surface area (Å²) in [6.07, 6.45) is 0. The monoisotopic (exact) mass is 235 g/mol. The van der Waals surface area contributed by atoms with E-state index in [1.807, 2.05) is 24.3 Å². The highest BCUT2D eigenvalue weighted by Gasteiger charge is 2.09. The smallest absolute Gasteiger partial charge is 0.241 e. The van der Waals surface area contributed by atoms with Crippen molar-refractivity contribution >= 4 is 16.6 Å². The first-order valence-corrected chi connectivity index (χ1v) is 5.15. The van der Waals surface area contributed by atoms with Gasteiger partial charge in [0.25, 0.3) is 0 Å². The highest BCUT2D eigenvalue weighted by atomic mass is 16.6. The van der Waals surface area contributed by atoms with Crippen LogP contribution in [0.25, 0.3) is 10.8 Å². The van der Waals surface area contributed by atoms with Crippen molar-refractivity contribution in [1.82, 2.24) is 10.2 Å². The minimum atomic E-state index is -0.0614. The molecule has 1 heterocycles. The number of anilines is 1. The van der Waals surface area contributed by atoms with Gasteiger partial charge in [-0.3, -0.25) is 4.84 Å². The maximum absolute atomic E-state index is 8.73. The molecule has 6 heteroatoms. The number of rotatable bonds is 5. The van der Waals surface area contributed by atoms with E-state index in [0.717, 1.165) is 10.8 Å². The van der Waals surface area contributed by atoms with Gasteiger partial charge in [0.1, 0.15) is 6.61 Å². The predicted octanol–water partition coefficient (Wildman–Crippen LogP) is 0.974. The average molecular weight is 235 g/mol. The molecule has 1 aromatic heterocycles. The maximum atomic E-state index is 8.73. The standard InChI is InChI=1S/C11H13N3O3/c1-16-14-10-8-4-2-3-5-9(8)11(13-12-10)17-7-6-15/h2-5,15H,6-7H2,1H3,(H,12,14). The lowest BCUT2D eigenvalue weighted by atomic mass is 10.2. The minimum Gasteiger partial charge on any atom is -0.474 e. The molecule has 0 fully saturated rings. The third kappa shape index (κ3) is 2.43. The third-order valence-corrected chi connectivity index (χ3v) is 2.18. The summed E-state index contributed by atoms with van der Waals surface area (Å²) >= 11 is 0. The van der Waals surface area contributed by atoms with Crippen LogP contribution < -0.4 is 10.2 Å². The van der Waals surface area contributed by atoms with Gasteiger partial charge in [0.2, 0.25) is 5.88 Å². The number of benzene rings is 1. The summed E-state index contributed by atoms with van der Waals surface area (Å²) in [6.45, 7) is 0.129. The maximum Gasteiger partial charge on any atom is 0.241 e. The number of aliphatic hydroxyl groups is 1. The second-order valence-electron chi connectivity index (χ2n) is 3.28. The predicted molar refractivity (Wildman–Crippen MR) is 62.8 cm³/mol. The van der Waals surface area contributed by atoms with Gasteiger partial charge in [0.05, 0.1) is 13.7 Å². The number of hydrogen-bond donors (Lipinski definition) is 2. The zero-order valence-corrected chi connectivity index (χ0v) is 9.38. The molecule has 6 nitrogen and oxygen atoms in total. The molecule has 0 bridgehead atoms. The van der Waals surface area contributed by atoms with E-state index in [1.54, 1.807) is 0 Å². The van der Waals surface area contributed by atoms with E-state index < -0.39 is 0 Å². The van der Waals surface area contributed by atoms with Crippen LogP contribution in [0.2, 0.25) is 0 Å². The fourth-order valence-corrected chi connectivity index (χ4v) is 1.50. The van der Waals surface area contributed by atoms with Gasteiger partial charge < -0.3 is 9.84 Å². The highest BCUT2D eigenvalue weighted by molar-refractivity contribution is 5.94. The van der Waals surface area contributed by atoms with Crippen LogP contribution in [0.4, 0.5) is 5.82 Å². The Morgan fingerprint density at radius 3 is 2.71 bits per heavy atom. The number of aliphatic hydroxyl groups excluding tert-OH is 1. The number of fused-ring (bicyclic) bond motifs is 1. The van der Waals surface area contributed by atoms with E-state index in [2.05, 4.69) is 15.7 Å². The van der Waals surface area contributed by atoms with Crippen LogP contribution >= 0.6 is 0 Å². The van der Waals surface area contributed by atoms with E-state index in [4.69, 9.17) is 14.7 Å². The molecule has 0 aliphatic heterocycles. The van der Waals surface area contributed by atoms with Gasteiger partial charge in [-0.05, 0) is 6.07 Å². The normalized spacial score (nSPS) is 10.5. The van der Waals surface area contributed by atoms with Crippen LogP contribution in [0.15, 0.2) is 24.3 Å². The highest BCUT2D eigenvalue weighted by Crippen LogP contribution is 2.27. The van der Waals surface area contributed by atoms with Crippen molar-refractivity contribution in [2.24, 2.45) is 0 Å². The van der Waals surface area contributed by atoms with Gasteiger partial charge in [-0.25, -0.2) is 5.48 Å². The molecule has 90 valence electrons. The molecule has 2 N–H and O–H groups in total. The molecule has 0 saturated carbocycles. The SMILES string of the molecule is CONc1nnc(OCCO)c2ccccc12. The molecule has 1 aromatic carbocycles. The lowest BCUT2D eigenvalue weighted by molar-refractivity contribution is 0.197. The molecule has 2 rings (SSSR count). The van der Waals surface area contributed by atoms with E-state index >= 15 is 0 Å². The quantitative estimate of drug-likeness (QED) is 0.752. The molecule has 0 radical (unpaired) electrons. The number of ether oxygens (including phenoxy) is 1. The Hall–Kier alpha value is -1.92. The first kappa shape index (κ1) is 11.6. The van der Waals surface area contributed by atoms with Gasteiger partial charge >= 0.3 is 0 Å². The van der Waals surface area contributed by atoms with Crippen LogP contribution in [0.5, 0.6) is 5.88 Å². The zero-order chi connectivity index (χ0) is 12.1. The molecule has 2 aromatic rings. The van der Waals surface area contributed by atoms with Crippen LogP contribution in [0.3, 0.4) is 0 Å². The molecule has 0 spiro atoms. The summed E-state index contributed by atoms with van der Waals surface area (Å²) in [5.41, 5.74) is 2.66. The topological polar surface area (TPSA) is 76.5 Å². The lowest BCUT2D eigenvalue weighted by Gasteiger charge is -2.09. The Balaban J connectivity index is 2.46. The van der Waals surface area contributed by atoms with Crippen LogP contribution in [0.1, 0.15) is 0 Å². The van der Waals surface area contributed by atoms with Crippen molar-refractivity contribution in [3.05, 3.63) is 24.3 Å². The summed E-state index contributed by atoms with van der Waals surface area (Å²) in [4.78, 5) is 4.82. The average Bonchev–Trinajstić information content (AvgIpc) is 2.38. The van der Waals surface area contributed by atoms with Crippen LogP contribution in [0, 0.1) is 0 Å². The van der Waals surface area contributed by atoms with Gasteiger partial charge in [-0.15, -0.1) is 10.2 Å². The second-order valence-corrected chi connectivity index (χ2v) is 3.28. The fraction of sp³-hybridized carbons (Fsp3) is 0.273. The van der Waals surface area contributed by atoms with Crippen molar-refractivity contribution in [3.8, 4) is 5.88 Å². The molecular weight excluding hydrogens is 222 g/mol. The summed E-state index contributed by atoms with van der Waals surface area (Å²) < 4.78 is 5.31. The summed E-state index contributed by atoms with van der Waals surface area (Å²) in [5, 5.41) is 18.3. The number of aromatic nitrogens is 2. The van der Waals surface area contributed by atoms with Crippen molar-refractivity contribution in [2.75, 3.05) is 25.8 Å². The van der Waals surface area contributed by atoms with Crippen molar-refractivity contribution in [3.63, 3.8) is 0 Å². The molecule has 0 atom stereocenters. The molecule has 0 aliphatic rings. The first-order chi connectivity index (χ1) is 8.36. The van der Waals surface area contributed by atoms with Gasteiger partial charge in [0.15, 0.2) is 5.82 Å². The third-order valence-electron chi connectivity index (χ3n) is 2.18. The Bertz CT molecular complexity index is 504. The molecule has 0 unspecified atom stereocenters. The molecule has 17 heavy (non-hydrogen) atoms. The van der Waals surface area contributed by atoms with Gasteiger partial charge in [-0.1, -0.05) is 18.2 Å². The Labute approximate surface area is 98.1 Å². The lowest BCUT2D eigenvalue weighted by Crippen LogP contribution is -2.06. The summed E-state index contributed by atoms with van der Waals surface area (Å²) in [5.74, 6) is 0.927. The molecular formula is C11H13N3O3. The Morgan fingerprint density at radius 1 is 1.24 bits per heavy atom. The molecule has 0 aliphatic carbocycles. The van der Waals surface area contributed by atoms with Crippen molar-refractivity contribution in [2.45, 2.75) is 0 Å². The summed E-state index contributed by atoms with van der Waals surface area (Å²) in [6, 6.07) is 7.53. The van der Waals surface area contributed by atoms with Crippen molar-refractivity contribution < 1.29 is 14.7 Å². The Morgan fingerprint density at radius 2 is 2.00 bits per heavy atom. The van der Waals surface area contributed by atoms with E-state index in [1.165, 1.54) is 7.11 Å². The molecule has 0 saturated heterocycles. The van der Waals surface area contributed by atoms with Gasteiger partial charge in [0, 0.05) is 10.8 Å². The zero-order valence-electron chi connectivity index (χ0n) is 9.38. The Kier molecular flexibility index (Phi) is 3.69. The second kappa shape index (κ2) is 5.42. The van der Waals surface area contributed by atoms with Crippen molar-refractivity contribution in [1.29, 1.82) is 0 Å². The largest absolute Gasteiger partial charge is 0.474 e. The van der Waals surface area contributed by atoms with E-state index in [-0.39, 0.29) is 13.2 Å². The number of hydrogen-bond acceptors (Lipinski definition) is 6. The van der Waals surface area contributed by atoms with Crippen LogP contribution in [-0.4, -0.2) is 35.6 Å². The number of nitrogens with one attached hydrogen (secondary N) is 1. The minimum absolute atomic E-state index is 0.0614. The fourth-order valence-electron chi connectivity index (χ4n) is 1.50. The number of nitrogens with zero attached hydrogens (tertiary/aromatic N) is 2. The summed E-state index contributed by atoms with van der Waals surface area (Å²) in [7, 11) is 1.51. The van der Waals surface area contributed by atoms with Crippen LogP contribution in [-0.2, 0) is 4.84 Å². The first-order valence-electron chi connectivity index (χ1n) is 5.15. The van der Waals surface area contributed by atoms with E-state index in [9.17, 15) is 0 Å². The van der Waals surface area contributed by atoms with E-state index in [0.29, 0.717) is 11.7 Å². The molecule has 0 amide bonds. The van der Waals surface area contributed by atoms with Gasteiger partial charge in [-0.2, -0.15) is 0 Å².